The number of nitrogens with zero attached hydrogens (tertiary/aromatic N) is 2. The maximum absolute atomic E-state index is 12.7. The summed E-state index contributed by atoms with van der Waals surface area (Å²) in [5, 5.41) is 11.0. The minimum Gasteiger partial charge on any atom is -0.497 e. The van der Waals surface area contributed by atoms with Crippen LogP contribution in [0.15, 0.2) is 65.6 Å². The van der Waals surface area contributed by atoms with E-state index in [1.165, 1.54) is 22.7 Å². The summed E-state index contributed by atoms with van der Waals surface area (Å²) in [6.45, 7) is 0. The summed E-state index contributed by atoms with van der Waals surface area (Å²) in [7, 11) is 1.57. The second-order valence-corrected chi connectivity index (χ2v) is 7.09. The van der Waals surface area contributed by atoms with Crippen LogP contribution >= 0.6 is 24.0 Å². The molecule has 0 spiro atoms. The van der Waals surface area contributed by atoms with Crippen molar-refractivity contribution in [2.75, 3.05) is 12.0 Å². The number of para-hydroxylation sites is 1. The van der Waals surface area contributed by atoms with Gasteiger partial charge in [-0.3, -0.25) is 19.8 Å². The zero-order valence-electron chi connectivity index (χ0n) is 14.2. The summed E-state index contributed by atoms with van der Waals surface area (Å²) in [6, 6.07) is 13.4. The first-order valence-electron chi connectivity index (χ1n) is 7.83. The molecule has 0 unspecified atom stereocenters. The van der Waals surface area contributed by atoms with Gasteiger partial charge in [-0.1, -0.05) is 42.2 Å². The Bertz CT molecular complexity index is 968. The largest absolute Gasteiger partial charge is 0.497 e. The van der Waals surface area contributed by atoms with Crippen molar-refractivity contribution in [1.82, 2.24) is 0 Å². The lowest BCUT2D eigenvalue weighted by atomic mass is 10.1. The summed E-state index contributed by atoms with van der Waals surface area (Å²) in [5.74, 6) is 0.453. The highest BCUT2D eigenvalue weighted by Crippen LogP contribution is 2.35. The standard InChI is InChI=1S/C19H14N2O4S2/c1-25-15-11-9-14(10-12-15)20-18(22)17(27-19(20)26)8-4-6-13-5-2-3-7-16(13)21(23)24/h2-12H,1H3/b6-4+,17-8-. The second kappa shape index (κ2) is 8.15. The first-order chi connectivity index (χ1) is 13.0. The Hall–Kier alpha value is -2.97. The van der Waals surface area contributed by atoms with Gasteiger partial charge in [0.1, 0.15) is 5.75 Å². The van der Waals surface area contributed by atoms with Crippen molar-refractivity contribution in [3.63, 3.8) is 0 Å². The molecule has 0 N–H and O–H groups in total. The van der Waals surface area contributed by atoms with Gasteiger partial charge in [-0.15, -0.1) is 0 Å². The van der Waals surface area contributed by atoms with Crippen molar-refractivity contribution < 1.29 is 14.5 Å². The van der Waals surface area contributed by atoms with Crippen molar-refractivity contribution in [2.24, 2.45) is 0 Å². The number of ether oxygens (including phenoxy) is 1. The van der Waals surface area contributed by atoms with E-state index in [1.807, 2.05) is 0 Å². The van der Waals surface area contributed by atoms with Crippen molar-refractivity contribution in [3.8, 4) is 5.75 Å². The van der Waals surface area contributed by atoms with Gasteiger partial charge in [0.05, 0.1) is 28.2 Å². The Morgan fingerprint density at radius 2 is 1.89 bits per heavy atom. The molecule has 27 heavy (non-hydrogen) atoms. The highest BCUT2D eigenvalue weighted by molar-refractivity contribution is 8.27. The number of methoxy groups -OCH3 is 1. The third kappa shape index (κ3) is 4.07. The van der Waals surface area contributed by atoms with E-state index < -0.39 is 4.92 Å². The maximum atomic E-state index is 12.7. The lowest BCUT2D eigenvalue weighted by Gasteiger charge is -2.14. The molecule has 8 heteroatoms. The molecule has 1 fully saturated rings. The Morgan fingerprint density at radius 3 is 2.56 bits per heavy atom. The number of amides is 1. The van der Waals surface area contributed by atoms with Crippen LogP contribution in [0.5, 0.6) is 5.75 Å². The summed E-state index contributed by atoms with van der Waals surface area (Å²) in [5.41, 5.74) is 1.13. The van der Waals surface area contributed by atoms with Crippen LogP contribution < -0.4 is 9.64 Å². The number of nitro benzene ring substituents is 1. The number of carbonyl (C=O) groups is 1. The number of thiocarbonyl (C=S) groups is 1. The predicted octanol–water partition coefficient (Wildman–Crippen LogP) is 4.57. The summed E-state index contributed by atoms with van der Waals surface area (Å²) in [6.07, 6.45) is 4.82. The minimum atomic E-state index is -0.442. The fourth-order valence-electron chi connectivity index (χ4n) is 2.47. The number of hydrogen-bond acceptors (Lipinski definition) is 6. The van der Waals surface area contributed by atoms with Gasteiger partial charge in [-0.05, 0) is 42.5 Å². The van der Waals surface area contributed by atoms with Crippen molar-refractivity contribution in [3.05, 3.63) is 81.3 Å². The number of hydrogen-bond donors (Lipinski definition) is 0. The molecule has 0 aromatic heterocycles. The van der Waals surface area contributed by atoms with Crippen molar-refractivity contribution >= 4 is 51.7 Å². The molecule has 2 aromatic rings. The van der Waals surface area contributed by atoms with Gasteiger partial charge >= 0.3 is 0 Å². The molecular weight excluding hydrogens is 384 g/mol. The molecule has 2 aromatic carbocycles. The number of rotatable bonds is 5. The first kappa shape index (κ1) is 18.8. The fraction of sp³-hybridized carbons (Fsp3) is 0.0526. The van der Waals surface area contributed by atoms with Crippen molar-refractivity contribution in [2.45, 2.75) is 0 Å². The average molecular weight is 398 g/mol. The number of benzene rings is 2. The number of allylic oxidation sites excluding steroid dienone is 2. The summed E-state index contributed by atoms with van der Waals surface area (Å²) in [4.78, 5) is 25.2. The van der Waals surface area contributed by atoms with E-state index in [0.717, 1.165) is 0 Å². The maximum Gasteiger partial charge on any atom is 0.276 e. The van der Waals surface area contributed by atoms with Gasteiger partial charge in [0.25, 0.3) is 11.6 Å². The minimum absolute atomic E-state index is 0.00734. The number of anilines is 1. The molecule has 1 aliphatic rings. The third-order valence-corrected chi connectivity index (χ3v) is 5.10. The number of nitro groups is 1. The van der Waals surface area contributed by atoms with Crippen LogP contribution in [0.3, 0.4) is 0 Å². The highest BCUT2D eigenvalue weighted by Gasteiger charge is 2.32. The molecule has 1 amide bonds. The van der Waals surface area contributed by atoms with Crippen LogP contribution in [-0.2, 0) is 4.79 Å². The van der Waals surface area contributed by atoms with E-state index in [-0.39, 0.29) is 11.6 Å². The van der Waals surface area contributed by atoms with Crippen LogP contribution in [0, 0.1) is 10.1 Å². The topological polar surface area (TPSA) is 72.7 Å². The molecule has 3 rings (SSSR count). The number of carbonyl (C=O) groups excluding carboxylic acids is 1. The quantitative estimate of drug-likeness (QED) is 0.318. The van der Waals surface area contributed by atoms with Gasteiger partial charge in [0, 0.05) is 6.07 Å². The normalized spacial score (nSPS) is 15.7. The molecule has 0 bridgehead atoms. The molecule has 1 heterocycles. The van der Waals surface area contributed by atoms with E-state index in [9.17, 15) is 14.9 Å². The highest BCUT2D eigenvalue weighted by atomic mass is 32.2. The molecular formula is C19H14N2O4S2. The summed E-state index contributed by atoms with van der Waals surface area (Å²) < 4.78 is 5.54. The molecule has 136 valence electrons. The van der Waals surface area contributed by atoms with E-state index in [4.69, 9.17) is 17.0 Å². The SMILES string of the molecule is COc1ccc(N2C(=O)/C(=C/C=C/c3ccccc3[N+](=O)[O-])SC2=S)cc1. The van der Waals surface area contributed by atoms with E-state index in [2.05, 4.69) is 0 Å². The van der Waals surface area contributed by atoms with Crippen LogP contribution in [0.4, 0.5) is 11.4 Å². The lowest BCUT2D eigenvalue weighted by Crippen LogP contribution is -2.27. The van der Waals surface area contributed by atoms with Gasteiger partial charge < -0.3 is 4.74 Å². The van der Waals surface area contributed by atoms with E-state index in [1.54, 1.807) is 67.8 Å². The Balaban J connectivity index is 1.81. The second-order valence-electron chi connectivity index (χ2n) is 5.41. The Morgan fingerprint density at radius 1 is 1.19 bits per heavy atom. The molecule has 0 atom stereocenters. The molecule has 0 saturated carbocycles. The molecule has 6 nitrogen and oxygen atoms in total. The van der Waals surface area contributed by atoms with Crippen LogP contribution in [0.25, 0.3) is 6.08 Å². The zero-order valence-corrected chi connectivity index (χ0v) is 15.8. The van der Waals surface area contributed by atoms with E-state index in [0.29, 0.717) is 26.2 Å². The molecule has 0 aliphatic carbocycles. The Labute approximate surface area is 165 Å². The molecule has 0 radical (unpaired) electrons. The van der Waals surface area contributed by atoms with Crippen LogP contribution in [0.1, 0.15) is 5.56 Å². The predicted molar refractivity (Wildman–Crippen MR) is 111 cm³/mol. The van der Waals surface area contributed by atoms with Crippen molar-refractivity contribution in [1.29, 1.82) is 0 Å². The lowest BCUT2D eigenvalue weighted by molar-refractivity contribution is -0.385. The zero-order chi connectivity index (χ0) is 19.4. The van der Waals surface area contributed by atoms with E-state index >= 15 is 0 Å². The first-order valence-corrected chi connectivity index (χ1v) is 9.06. The van der Waals surface area contributed by atoms with Crippen LogP contribution in [-0.4, -0.2) is 22.3 Å². The van der Waals surface area contributed by atoms with Gasteiger partial charge in [-0.2, -0.15) is 0 Å². The van der Waals surface area contributed by atoms with Gasteiger partial charge in [0.15, 0.2) is 4.32 Å². The molecule has 1 aliphatic heterocycles. The smallest absolute Gasteiger partial charge is 0.276 e. The third-order valence-electron chi connectivity index (χ3n) is 3.78. The van der Waals surface area contributed by atoms with Gasteiger partial charge in [-0.25, -0.2) is 0 Å². The monoisotopic (exact) mass is 398 g/mol. The van der Waals surface area contributed by atoms with Crippen LogP contribution in [0.2, 0.25) is 0 Å². The summed E-state index contributed by atoms with van der Waals surface area (Å²) >= 11 is 6.50. The average Bonchev–Trinajstić information content (AvgIpc) is 2.95. The number of thioether (sulfide) groups is 1. The van der Waals surface area contributed by atoms with Gasteiger partial charge in [0.2, 0.25) is 0 Å². The molecule has 1 saturated heterocycles. The Kier molecular flexibility index (Phi) is 5.68. The fourth-order valence-corrected chi connectivity index (χ4v) is 3.72.